The highest BCUT2D eigenvalue weighted by Gasteiger charge is 2.38. The van der Waals surface area contributed by atoms with E-state index in [0.717, 1.165) is 45.3 Å². The molecule has 0 aromatic carbocycles. The Kier molecular flexibility index (Phi) is 3.73. The SMILES string of the molecule is CN(CC1CC(O)C1)C(=O)C1(C)CCNCC1. The minimum atomic E-state index is -0.178. The first-order chi connectivity index (χ1) is 8.01. The summed E-state index contributed by atoms with van der Waals surface area (Å²) in [6, 6.07) is 0. The first-order valence-electron chi connectivity index (χ1n) is 6.65. The molecule has 1 saturated heterocycles. The average molecular weight is 240 g/mol. The zero-order valence-electron chi connectivity index (χ0n) is 10.9. The minimum Gasteiger partial charge on any atom is -0.393 e. The maximum absolute atomic E-state index is 12.4. The van der Waals surface area contributed by atoms with Gasteiger partial charge in [-0.15, -0.1) is 0 Å². The van der Waals surface area contributed by atoms with Crippen LogP contribution in [0.2, 0.25) is 0 Å². The number of rotatable bonds is 3. The predicted molar refractivity (Wildman–Crippen MR) is 66.6 cm³/mol. The minimum absolute atomic E-state index is 0.127. The fourth-order valence-corrected chi connectivity index (χ4v) is 2.97. The Morgan fingerprint density at radius 3 is 2.53 bits per heavy atom. The van der Waals surface area contributed by atoms with Crippen molar-refractivity contribution < 1.29 is 9.90 Å². The van der Waals surface area contributed by atoms with E-state index in [1.54, 1.807) is 0 Å². The highest BCUT2D eigenvalue weighted by Crippen LogP contribution is 2.32. The molecule has 2 rings (SSSR count). The van der Waals surface area contributed by atoms with Crippen LogP contribution in [0.1, 0.15) is 32.6 Å². The van der Waals surface area contributed by atoms with Gasteiger partial charge in [-0.1, -0.05) is 6.92 Å². The molecule has 0 spiro atoms. The van der Waals surface area contributed by atoms with Crippen LogP contribution in [0.25, 0.3) is 0 Å². The molecule has 2 aliphatic rings. The van der Waals surface area contributed by atoms with E-state index >= 15 is 0 Å². The lowest BCUT2D eigenvalue weighted by Gasteiger charge is -2.39. The van der Waals surface area contributed by atoms with Crippen molar-refractivity contribution in [1.82, 2.24) is 10.2 Å². The van der Waals surface area contributed by atoms with Gasteiger partial charge in [-0.05, 0) is 44.7 Å². The molecule has 1 saturated carbocycles. The van der Waals surface area contributed by atoms with Crippen molar-refractivity contribution in [3.8, 4) is 0 Å². The summed E-state index contributed by atoms with van der Waals surface area (Å²) < 4.78 is 0. The highest BCUT2D eigenvalue weighted by molar-refractivity contribution is 5.82. The molecule has 4 heteroatoms. The number of piperidine rings is 1. The summed E-state index contributed by atoms with van der Waals surface area (Å²) in [5.74, 6) is 0.782. The smallest absolute Gasteiger partial charge is 0.228 e. The molecule has 0 unspecified atom stereocenters. The van der Waals surface area contributed by atoms with Gasteiger partial charge in [-0.25, -0.2) is 0 Å². The topological polar surface area (TPSA) is 52.6 Å². The van der Waals surface area contributed by atoms with Crippen LogP contribution >= 0.6 is 0 Å². The average Bonchev–Trinajstić information content (AvgIpc) is 2.27. The second-order valence-corrected chi connectivity index (χ2v) is 5.99. The van der Waals surface area contributed by atoms with E-state index in [1.807, 2.05) is 11.9 Å². The van der Waals surface area contributed by atoms with Gasteiger partial charge in [0.15, 0.2) is 0 Å². The molecule has 1 aliphatic carbocycles. The number of hydrogen-bond acceptors (Lipinski definition) is 3. The van der Waals surface area contributed by atoms with Crippen molar-refractivity contribution in [3.63, 3.8) is 0 Å². The van der Waals surface area contributed by atoms with Crippen molar-refractivity contribution in [2.24, 2.45) is 11.3 Å². The summed E-state index contributed by atoms with van der Waals surface area (Å²) in [5, 5.41) is 12.6. The third kappa shape index (κ3) is 2.80. The summed E-state index contributed by atoms with van der Waals surface area (Å²) in [6.07, 6.45) is 3.46. The summed E-state index contributed by atoms with van der Waals surface area (Å²) in [6.45, 7) is 4.78. The lowest BCUT2D eigenvalue weighted by atomic mass is 9.78. The Morgan fingerprint density at radius 1 is 1.41 bits per heavy atom. The van der Waals surface area contributed by atoms with E-state index in [1.165, 1.54) is 0 Å². The van der Waals surface area contributed by atoms with Crippen LogP contribution in [-0.4, -0.2) is 48.7 Å². The largest absolute Gasteiger partial charge is 0.393 e. The van der Waals surface area contributed by atoms with Crippen LogP contribution in [0, 0.1) is 11.3 Å². The van der Waals surface area contributed by atoms with Gasteiger partial charge in [0.25, 0.3) is 0 Å². The van der Waals surface area contributed by atoms with Crippen LogP contribution < -0.4 is 5.32 Å². The summed E-state index contributed by atoms with van der Waals surface area (Å²) in [5.41, 5.74) is -0.178. The number of nitrogens with one attached hydrogen (secondary N) is 1. The van der Waals surface area contributed by atoms with Gasteiger partial charge < -0.3 is 15.3 Å². The second-order valence-electron chi connectivity index (χ2n) is 5.99. The maximum atomic E-state index is 12.4. The molecule has 2 N–H and O–H groups in total. The first kappa shape index (κ1) is 12.8. The lowest BCUT2D eigenvalue weighted by molar-refractivity contribution is -0.143. The molecule has 1 heterocycles. The number of amides is 1. The quantitative estimate of drug-likeness (QED) is 0.760. The number of nitrogens with zero attached hydrogens (tertiary/aromatic N) is 1. The molecule has 1 aliphatic heterocycles. The number of carbonyl (C=O) groups is 1. The van der Waals surface area contributed by atoms with Gasteiger partial charge >= 0.3 is 0 Å². The fraction of sp³-hybridized carbons (Fsp3) is 0.923. The van der Waals surface area contributed by atoms with Gasteiger partial charge in [0.1, 0.15) is 0 Å². The molecule has 0 atom stereocenters. The molecule has 0 bridgehead atoms. The zero-order chi connectivity index (χ0) is 12.5. The molecule has 17 heavy (non-hydrogen) atoms. The van der Waals surface area contributed by atoms with E-state index in [9.17, 15) is 9.90 Å². The molecular weight excluding hydrogens is 216 g/mol. The van der Waals surface area contributed by atoms with Gasteiger partial charge in [0.2, 0.25) is 5.91 Å². The molecule has 0 aromatic heterocycles. The predicted octanol–water partition coefficient (Wildman–Crippen LogP) is 0.605. The number of aliphatic hydroxyl groups is 1. The number of carbonyl (C=O) groups excluding carboxylic acids is 1. The maximum Gasteiger partial charge on any atom is 0.228 e. The molecule has 98 valence electrons. The Hall–Kier alpha value is -0.610. The van der Waals surface area contributed by atoms with Crippen molar-refractivity contribution in [1.29, 1.82) is 0 Å². The van der Waals surface area contributed by atoms with Crippen LogP contribution in [0.3, 0.4) is 0 Å². The second kappa shape index (κ2) is 4.94. The van der Waals surface area contributed by atoms with E-state index in [4.69, 9.17) is 0 Å². The van der Waals surface area contributed by atoms with Crippen LogP contribution in [-0.2, 0) is 4.79 Å². The van der Waals surface area contributed by atoms with Gasteiger partial charge in [0.05, 0.1) is 6.10 Å². The highest BCUT2D eigenvalue weighted by atomic mass is 16.3. The summed E-state index contributed by atoms with van der Waals surface area (Å²) in [7, 11) is 1.90. The Bertz CT molecular complexity index is 281. The Labute approximate surface area is 103 Å². The fourth-order valence-electron chi connectivity index (χ4n) is 2.97. The van der Waals surface area contributed by atoms with Crippen LogP contribution in [0.15, 0.2) is 0 Å². The van der Waals surface area contributed by atoms with Crippen molar-refractivity contribution >= 4 is 5.91 Å². The number of hydrogen-bond donors (Lipinski definition) is 2. The Morgan fingerprint density at radius 2 is 2.00 bits per heavy atom. The molecule has 4 nitrogen and oxygen atoms in total. The van der Waals surface area contributed by atoms with Crippen molar-refractivity contribution in [3.05, 3.63) is 0 Å². The molecule has 0 radical (unpaired) electrons. The van der Waals surface area contributed by atoms with Gasteiger partial charge in [-0.2, -0.15) is 0 Å². The third-order valence-corrected chi connectivity index (χ3v) is 4.31. The monoisotopic (exact) mass is 240 g/mol. The van der Waals surface area contributed by atoms with E-state index in [0.29, 0.717) is 5.92 Å². The normalized spacial score (nSPS) is 31.7. The zero-order valence-corrected chi connectivity index (χ0v) is 10.9. The molecule has 0 aromatic rings. The molecule has 1 amide bonds. The van der Waals surface area contributed by atoms with Crippen LogP contribution in [0.4, 0.5) is 0 Å². The lowest BCUT2D eigenvalue weighted by Crippen LogP contribution is -2.48. The summed E-state index contributed by atoms with van der Waals surface area (Å²) in [4.78, 5) is 14.3. The van der Waals surface area contributed by atoms with E-state index in [2.05, 4.69) is 12.2 Å². The van der Waals surface area contributed by atoms with Crippen molar-refractivity contribution in [2.75, 3.05) is 26.7 Å². The molecule has 2 fully saturated rings. The van der Waals surface area contributed by atoms with E-state index in [-0.39, 0.29) is 17.4 Å². The molecular formula is C13H24N2O2. The number of aliphatic hydroxyl groups excluding tert-OH is 1. The van der Waals surface area contributed by atoms with Gasteiger partial charge in [0, 0.05) is 19.0 Å². The third-order valence-electron chi connectivity index (χ3n) is 4.31. The van der Waals surface area contributed by atoms with Gasteiger partial charge in [-0.3, -0.25) is 4.79 Å². The summed E-state index contributed by atoms with van der Waals surface area (Å²) >= 11 is 0. The Balaban J connectivity index is 1.85. The standard InChI is InChI=1S/C13H24N2O2/c1-13(3-5-14-6-4-13)12(17)15(2)9-10-7-11(16)8-10/h10-11,14,16H,3-9H2,1-2H3. The van der Waals surface area contributed by atoms with Crippen molar-refractivity contribution in [2.45, 2.75) is 38.7 Å². The van der Waals surface area contributed by atoms with E-state index < -0.39 is 0 Å². The van der Waals surface area contributed by atoms with Crippen LogP contribution in [0.5, 0.6) is 0 Å². The first-order valence-corrected chi connectivity index (χ1v) is 6.65.